The van der Waals surface area contributed by atoms with Crippen molar-refractivity contribution in [3.63, 3.8) is 0 Å². The van der Waals surface area contributed by atoms with Gasteiger partial charge in [0, 0.05) is 0 Å². The summed E-state index contributed by atoms with van der Waals surface area (Å²) >= 11 is 0. The van der Waals surface area contributed by atoms with Crippen molar-refractivity contribution in [3.8, 4) is 0 Å². The zero-order valence-electron chi connectivity index (χ0n) is 18.3. The van der Waals surface area contributed by atoms with Crippen LogP contribution in [0.2, 0.25) is 0 Å². The highest BCUT2D eigenvalue weighted by Gasteiger charge is 2.44. The van der Waals surface area contributed by atoms with Crippen molar-refractivity contribution in [1.29, 1.82) is 0 Å². The number of rotatable bonds is 8. The zero-order chi connectivity index (χ0) is 20.5. The lowest BCUT2D eigenvalue weighted by molar-refractivity contribution is -0.00000596. The molecule has 0 aliphatic rings. The molecule has 0 radical (unpaired) electrons. The fourth-order valence-electron chi connectivity index (χ4n) is 3.79. The Hall–Kier alpha value is -1.95. The van der Waals surface area contributed by atoms with E-state index in [0.717, 1.165) is 19.0 Å². The van der Waals surface area contributed by atoms with Crippen LogP contribution >= 0.6 is 7.26 Å². The Bertz CT molecular complexity index is 843. The van der Waals surface area contributed by atoms with Crippen LogP contribution in [0, 0.1) is 0 Å². The molecule has 0 aliphatic heterocycles. The maximum absolute atomic E-state index is 2.50. The standard InChI is InChI=1S/C28H32P.BrH/c1-24(2)14-13-15-25(3)22-23-29(26-16-7-4-8-17-26,27-18-9-5-10-19-27)28-20-11-6-12-21-28;/h4-12,14,16-22H,13,15,23H2,1-3H3;1H/q+1;/p-1/b25-22+;. The van der Waals surface area contributed by atoms with E-state index < -0.39 is 7.26 Å². The second kappa shape index (κ2) is 12.0. The zero-order valence-corrected chi connectivity index (χ0v) is 20.7. The van der Waals surface area contributed by atoms with Crippen molar-refractivity contribution in [2.24, 2.45) is 0 Å². The van der Waals surface area contributed by atoms with Gasteiger partial charge in [-0.3, -0.25) is 0 Å². The van der Waals surface area contributed by atoms with Gasteiger partial charge < -0.3 is 17.0 Å². The van der Waals surface area contributed by atoms with Crippen LogP contribution in [0.15, 0.2) is 114 Å². The summed E-state index contributed by atoms with van der Waals surface area (Å²) in [6, 6.07) is 33.4. The van der Waals surface area contributed by atoms with Gasteiger partial charge in [0.1, 0.15) is 23.2 Å². The van der Waals surface area contributed by atoms with Gasteiger partial charge in [-0.15, -0.1) is 0 Å². The highest BCUT2D eigenvalue weighted by Crippen LogP contribution is 2.55. The molecule has 0 aliphatic carbocycles. The SMILES string of the molecule is CC(C)=CCC/C(C)=C/C[P+](c1ccccc1)(c1ccccc1)c1ccccc1.[Br-]. The Morgan fingerprint density at radius 1 is 0.633 bits per heavy atom. The summed E-state index contributed by atoms with van der Waals surface area (Å²) < 4.78 is 0. The third kappa shape index (κ3) is 6.03. The molecule has 0 saturated carbocycles. The molecule has 3 aromatic rings. The Balaban J connectivity index is 0.00000320. The van der Waals surface area contributed by atoms with Crippen LogP contribution in [-0.2, 0) is 0 Å². The third-order valence-corrected chi connectivity index (χ3v) is 9.67. The minimum atomic E-state index is -1.75. The van der Waals surface area contributed by atoms with Gasteiger partial charge in [-0.25, -0.2) is 0 Å². The number of hydrogen-bond donors (Lipinski definition) is 0. The lowest BCUT2D eigenvalue weighted by Crippen LogP contribution is -3.00. The molecule has 0 heterocycles. The minimum absolute atomic E-state index is 0. The molecule has 0 nitrogen and oxygen atoms in total. The van der Waals surface area contributed by atoms with E-state index in [1.54, 1.807) is 0 Å². The Morgan fingerprint density at radius 2 is 1.03 bits per heavy atom. The molecule has 0 atom stereocenters. The van der Waals surface area contributed by atoms with E-state index in [2.05, 4.69) is 124 Å². The molecule has 3 aromatic carbocycles. The largest absolute Gasteiger partial charge is 1.00 e. The highest BCUT2D eigenvalue weighted by atomic mass is 79.9. The monoisotopic (exact) mass is 478 g/mol. The molecule has 0 N–H and O–H groups in total. The molecular formula is C28H32BrP. The van der Waals surface area contributed by atoms with E-state index in [4.69, 9.17) is 0 Å². The van der Waals surface area contributed by atoms with Crippen LogP contribution in [0.5, 0.6) is 0 Å². The summed E-state index contributed by atoms with van der Waals surface area (Å²) in [5.74, 6) is 0. The second-order valence-electron chi connectivity index (χ2n) is 7.87. The first-order valence-electron chi connectivity index (χ1n) is 10.5. The van der Waals surface area contributed by atoms with Gasteiger partial charge in [-0.05, 0) is 76.1 Å². The fraction of sp³-hybridized carbons (Fsp3) is 0.214. The van der Waals surface area contributed by atoms with E-state index in [0.29, 0.717) is 0 Å². The maximum atomic E-state index is 2.50. The Morgan fingerprint density at radius 3 is 1.40 bits per heavy atom. The van der Waals surface area contributed by atoms with Crippen LogP contribution in [0.3, 0.4) is 0 Å². The molecule has 156 valence electrons. The van der Waals surface area contributed by atoms with Gasteiger partial charge in [0.2, 0.25) is 0 Å². The van der Waals surface area contributed by atoms with E-state index >= 15 is 0 Å². The Labute approximate surface area is 193 Å². The van der Waals surface area contributed by atoms with Crippen LogP contribution in [-0.4, -0.2) is 6.16 Å². The van der Waals surface area contributed by atoms with Gasteiger partial charge in [0.15, 0.2) is 0 Å². The topological polar surface area (TPSA) is 0 Å². The number of halogens is 1. The predicted molar refractivity (Wildman–Crippen MR) is 132 cm³/mol. The van der Waals surface area contributed by atoms with Crippen molar-refractivity contribution in [1.82, 2.24) is 0 Å². The lowest BCUT2D eigenvalue weighted by atomic mass is 10.1. The molecular weight excluding hydrogens is 447 g/mol. The fourth-order valence-corrected chi connectivity index (χ4v) is 7.95. The quantitative estimate of drug-likeness (QED) is 0.342. The number of hydrogen-bond acceptors (Lipinski definition) is 0. The van der Waals surface area contributed by atoms with Crippen molar-refractivity contribution in [2.45, 2.75) is 33.6 Å². The molecule has 0 saturated heterocycles. The van der Waals surface area contributed by atoms with Crippen LogP contribution in [0.25, 0.3) is 0 Å². The maximum Gasteiger partial charge on any atom is 0.115 e. The molecule has 0 unspecified atom stereocenters. The number of benzene rings is 3. The normalized spacial score (nSPS) is 11.5. The molecule has 0 aromatic heterocycles. The van der Waals surface area contributed by atoms with Crippen LogP contribution in [0.1, 0.15) is 33.6 Å². The average molecular weight is 479 g/mol. The van der Waals surface area contributed by atoms with Gasteiger partial charge in [-0.1, -0.05) is 71.8 Å². The summed E-state index contributed by atoms with van der Waals surface area (Å²) in [7, 11) is -1.75. The molecule has 0 bridgehead atoms. The van der Waals surface area contributed by atoms with E-state index in [-0.39, 0.29) is 17.0 Å². The Kier molecular flexibility index (Phi) is 9.76. The molecule has 3 rings (SSSR count). The van der Waals surface area contributed by atoms with Crippen LogP contribution in [0.4, 0.5) is 0 Å². The summed E-state index contributed by atoms with van der Waals surface area (Å²) in [5.41, 5.74) is 2.88. The summed E-state index contributed by atoms with van der Waals surface area (Å²) in [6.45, 7) is 6.64. The molecule has 0 spiro atoms. The molecule has 0 amide bonds. The van der Waals surface area contributed by atoms with Crippen molar-refractivity contribution in [3.05, 3.63) is 114 Å². The third-order valence-electron chi connectivity index (χ3n) is 5.40. The predicted octanol–water partition coefficient (Wildman–Crippen LogP) is 3.68. The van der Waals surface area contributed by atoms with E-state index in [1.807, 2.05) is 0 Å². The number of allylic oxidation sites excluding steroid dienone is 4. The summed E-state index contributed by atoms with van der Waals surface area (Å²) in [6.07, 6.45) is 8.15. The van der Waals surface area contributed by atoms with Gasteiger partial charge >= 0.3 is 0 Å². The van der Waals surface area contributed by atoms with Gasteiger partial charge in [0.25, 0.3) is 0 Å². The minimum Gasteiger partial charge on any atom is -1.00 e. The van der Waals surface area contributed by atoms with E-state index in [9.17, 15) is 0 Å². The average Bonchev–Trinajstić information content (AvgIpc) is 2.76. The first-order valence-corrected chi connectivity index (χ1v) is 12.4. The first-order chi connectivity index (χ1) is 14.1. The van der Waals surface area contributed by atoms with Gasteiger partial charge in [-0.2, -0.15) is 0 Å². The smallest absolute Gasteiger partial charge is 0.115 e. The first kappa shape index (κ1) is 24.3. The van der Waals surface area contributed by atoms with Crippen molar-refractivity contribution < 1.29 is 17.0 Å². The van der Waals surface area contributed by atoms with Gasteiger partial charge in [0.05, 0.1) is 6.16 Å². The highest BCUT2D eigenvalue weighted by molar-refractivity contribution is 7.95. The van der Waals surface area contributed by atoms with E-state index in [1.165, 1.54) is 27.1 Å². The molecule has 2 heteroatoms. The second-order valence-corrected chi connectivity index (χ2v) is 11.4. The summed E-state index contributed by atoms with van der Waals surface area (Å²) in [5, 5.41) is 4.35. The lowest BCUT2D eigenvalue weighted by Gasteiger charge is -2.27. The molecule has 0 fully saturated rings. The van der Waals surface area contributed by atoms with Crippen LogP contribution < -0.4 is 32.9 Å². The van der Waals surface area contributed by atoms with Crippen molar-refractivity contribution in [2.75, 3.05) is 6.16 Å². The molecule has 30 heavy (non-hydrogen) atoms. The summed E-state index contributed by atoms with van der Waals surface area (Å²) in [4.78, 5) is 0. The van der Waals surface area contributed by atoms with Crippen molar-refractivity contribution >= 4 is 23.2 Å².